The lowest BCUT2D eigenvalue weighted by Gasteiger charge is -1.83. The van der Waals surface area contributed by atoms with Crippen molar-refractivity contribution in [3.05, 3.63) is 41.5 Å². The molecule has 0 amide bonds. The molecule has 0 N–H and O–H groups in total. The highest BCUT2D eigenvalue weighted by Gasteiger charge is 1.86. The van der Waals surface area contributed by atoms with Gasteiger partial charge < -0.3 is 0 Å². The molecule has 0 aliphatic rings. The minimum atomic E-state index is -1.08. The normalized spacial score (nSPS) is 10.1. The summed E-state index contributed by atoms with van der Waals surface area (Å²) in [5.74, 6) is 5.85. The summed E-state index contributed by atoms with van der Waals surface area (Å²) >= 11 is 0. The van der Waals surface area contributed by atoms with E-state index < -0.39 is 10.8 Å². The van der Waals surface area contributed by atoms with Crippen LogP contribution in [0.15, 0.2) is 41.5 Å². The van der Waals surface area contributed by atoms with Crippen molar-refractivity contribution in [3.8, 4) is 11.8 Å². The molecule has 0 saturated heterocycles. The Morgan fingerprint density at radius 3 is 2.57 bits per heavy atom. The second kappa shape index (κ2) is 7.15. The molecule has 1 nitrogen and oxygen atoms in total. The Morgan fingerprint density at radius 1 is 1.43 bits per heavy atom. The number of rotatable bonds is 3. The van der Waals surface area contributed by atoms with E-state index in [1.165, 1.54) is 5.41 Å². The summed E-state index contributed by atoms with van der Waals surface area (Å²) in [5, 5.41) is 1.49. The number of allylic oxidation sites excluding steroid dienone is 3. The van der Waals surface area contributed by atoms with E-state index in [0.717, 1.165) is 11.1 Å². The maximum Gasteiger partial charge on any atom is 0.0897 e. The topological polar surface area (TPSA) is 17.1 Å². The van der Waals surface area contributed by atoms with Crippen LogP contribution in [-0.2, 0) is 10.8 Å². The van der Waals surface area contributed by atoms with Gasteiger partial charge in [0.05, 0.1) is 16.6 Å². The standard InChI is InChI=1S/C12H14OS/c1-11(2)7-5-9-14(13)10-6-8-12(3)4/h7,9H,1,3,10H2,2,4H3. The van der Waals surface area contributed by atoms with Crippen LogP contribution in [0, 0.1) is 11.8 Å². The molecule has 0 aromatic rings. The van der Waals surface area contributed by atoms with Gasteiger partial charge in [0.2, 0.25) is 0 Å². The smallest absolute Gasteiger partial charge is 0.0897 e. The van der Waals surface area contributed by atoms with Crippen molar-refractivity contribution < 1.29 is 4.21 Å². The van der Waals surface area contributed by atoms with E-state index in [1.807, 2.05) is 13.8 Å². The zero-order chi connectivity index (χ0) is 11.0. The third-order valence-corrected chi connectivity index (χ3v) is 1.87. The molecule has 0 aliphatic carbocycles. The van der Waals surface area contributed by atoms with Gasteiger partial charge >= 0.3 is 0 Å². The third kappa shape index (κ3) is 8.80. The lowest BCUT2D eigenvalue weighted by molar-refractivity contribution is 0.690. The van der Waals surface area contributed by atoms with Crippen LogP contribution >= 0.6 is 0 Å². The van der Waals surface area contributed by atoms with E-state index in [1.54, 1.807) is 6.08 Å². The zero-order valence-electron chi connectivity index (χ0n) is 8.59. The summed E-state index contributed by atoms with van der Waals surface area (Å²) in [6.07, 6.45) is 1.68. The molecule has 1 atom stereocenters. The van der Waals surface area contributed by atoms with Crippen LogP contribution in [0.4, 0.5) is 0 Å². The van der Waals surface area contributed by atoms with Gasteiger partial charge in [-0.05, 0) is 25.5 Å². The van der Waals surface area contributed by atoms with Crippen molar-refractivity contribution in [2.75, 3.05) is 5.75 Å². The maximum absolute atomic E-state index is 11.2. The molecule has 0 rings (SSSR count). The molecule has 0 spiro atoms. The maximum atomic E-state index is 11.2. The first-order valence-electron chi connectivity index (χ1n) is 4.12. The van der Waals surface area contributed by atoms with E-state index in [2.05, 4.69) is 30.7 Å². The fourth-order valence-corrected chi connectivity index (χ4v) is 1.07. The second-order valence-corrected chi connectivity index (χ2v) is 4.17. The Hall–Kier alpha value is -1.29. The summed E-state index contributed by atoms with van der Waals surface area (Å²) in [5.41, 5.74) is 4.44. The predicted octanol–water partition coefficient (Wildman–Crippen LogP) is 2.56. The van der Waals surface area contributed by atoms with Gasteiger partial charge in [0.1, 0.15) is 0 Å². The molecular formula is C12H14OS. The highest BCUT2D eigenvalue weighted by molar-refractivity contribution is 7.88. The van der Waals surface area contributed by atoms with E-state index in [-0.39, 0.29) is 0 Å². The summed E-state index contributed by atoms with van der Waals surface area (Å²) in [6.45, 7) is 10.9. The zero-order valence-corrected chi connectivity index (χ0v) is 9.41. The van der Waals surface area contributed by atoms with Gasteiger partial charge in [-0.1, -0.05) is 30.6 Å². The van der Waals surface area contributed by atoms with Gasteiger partial charge in [0.25, 0.3) is 0 Å². The van der Waals surface area contributed by atoms with Gasteiger partial charge in [-0.3, -0.25) is 4.21 Å². The van der Waals surface area contributed by atoms with Crippen LogP contribution in [0.5, 0.6) is 0 Å². The highest BCUT2D eigenvalue weighted by Crippen LogP contribution is 1.88. The fraction of sp³-hybridized carbons (Fsp3) is 0.250. The van der Waals surface area contributed by atoms with Crippen molar-refractivity contribution in [2.45, 2.75) is 13.8 Å². The van der Waals surface area contributed by atoms with E-state index >= 15 is 0 Å². The largest absolute Gasteiger partial charge is 0.253 e. The highest BCUT2D eigenvalue weighted by atomic mass is 32.2. The molecule has 0 saturated carbocycles. The average Bonchev–Trinajstić information content (AvgIpc) is 2.02. The summed E-state index contributed by atoms with van der Waals surface area (Å²) in [7, 11) is -1.08. The summed E-state index contributed by atoms with van der Waals surface area (Å²) < 4.78 is 11.2. The first kappa shape index (κ1) is 12.7. The van der Waals surface area contributed by atoms with Gasteiger partial charge in [-0.15, -0.1) is 5.73 Å². The van der Waals surface area contributed by atoms with Crippen LogP contribution in [0.1, 0.15) is 13.8 Å². The van der Waals surface area contributed by atoms with Crippen LogP contribution in [0.3, 0.4) is 0 Å². The molecule has 0 bridgehead atoms. The molecule has 1 unspecified atom stereocenters. The molecule has 0 heterocycles. The minimum Gasteiger partial charge on any atom is -0.253 e. The fourth-order valence-electron chi connectivity index (χ4n) is 0.552. The van der Waals surface area contributed by atoms with Gasteiger partial charge in [-0.2, -0.15) is 0 Å². The Balaban J connectivity index is 4.14. The van der Waals surface area contributed by atoms with E-state index in [4.69, 9.17) is 0 Å². The molecule has 74 valence electrons. The Morgan fingerprint density at radius 2 is 2.07 bits per heavy atom. The van der Waals surface area contributed by atoms with Crippen molar-refractivity contribution in [1.82, 2.24) is 0 Å². The lowest BCUT2D eigenvalue weighted by Crippen LogP contribution is -1.87. The first-order valence-corrected chi connectivity index (χ1v) is 5.50. The third-order valence-electron chi connectivity index (χ3n) is 1.05. The number of hydrogen-bond acceptors (Lipinski definition) is 1. The van der Waals surface area contributed by atoms with Crippen LogP contribution in [0.2, 0.25) is 0 Å². The van der Waals surface area contributed by atoms with Crippen molar-refractivity contribution in [1.29, 1.82) is 0 Å². The summed E-state index contributed by atoms with van der Waals surface area (Å²) in [4.78, 5) is 0. The Bertz CT molecular complexity index is 371. The van der Waals surface area contributed by atoms with Crippen molar-refractivity contribution in [2.24, 2.45) is 0 Å². The van der Waals surface area contributed by atoms with E-state index in [9.17, 15) is 4.21 Å². The lowest BCUT2D eigenvalue weighted by atomic mass is 10.3. The van der Waals surface area contributed by atoms with Crippen LogP contribution in [0.25, 0.3) is 0 Å². The molecular weight excluding hydrogens is 192 g/mol. The molecule has 0 aromatic heterocycles. The quantitative estimate of drug-likeness (QED) is 0.394. The van der Waals surface area contributed by atoms with Crippen LogP contribution in [-0.4, -0.2) is 9.96 Å². The summed E-state index contributed by atoms with van der Waals surface area (Å²) in [6, 6.07) is 0. The predicted molar refractivity (Wildman–Crippen MR) is 63.1 cm³/mol. The van der Waals surface area contributed by atoms with Crippen molar-refractivity contribution >= 4 is 10.8 Å². The minimum absolute atomic E-state index is 0.323. The second-order valence-electron chi connectivity index (χ2n) is 2.88. The van der Waals surface area contributed by atoms with Crippen LogP contribution < -0.4 is 0 Å². The van der Waals surface area contributed by atoms with Gasteiger partial charge in [0.15, 0.2) is 0 Å². The Kier molecular flexibility index (Phi) is 6.49. The molecule has 0 fully saturated rings. The monoisotopic (exact) mass is 206 g/mol. The first-order chi connectivity index (χ1) is 6.52. The molecule has 0 radical (unpaired) electrons. The Labute approximate surface area is 88.4 Å². The number of hydrogen-bond donors (Lipinski definition) is 0. The van der Waals surface area contributed by atoms with Gasteiger partial charge in [0, 0.05) is 5.41 Å². The molecule has 0 aliphatic heterocycles. The van der Waals surface area contributed by atoms with E-state index in [0.29, 0.717) is 5.75 Å². The SMILES string of the molecule is C=C(C)C#CCS(=O)C=C=CC(=C)C. The average molecular weight is 206 g/mol. The van der Waals surface area contributed by atoms with Crippen molar-refractivity contribution in [3.63, 3.8) is 0 Å². The molecule has 14 heavy (non-hydrogen) atoms. The molecule has 2 heteroatoms. The van der Waals surface area contributed by atoms with Gasteiger partial charge in [-0.25, -0.2) is 0 Å². The molecule has 0 aromatic carbocycles.